The van der Waals surface area contributed by atoms with Crippen LogP contribution in [-0.2, 0) is 50.3 Å². The van der Waals surface area contributed by atoms with E-state index in [0.29, 0.717) is 51.8 Å². The molecule has 3 unspecified atom stereocenters. The van der Waals surface area contributed by atoms with Crippen LogP contribution in [0.1, 0.15) is 133 Å². The molecule has 68 heavy (non-hydrogen) atoms. The van der Waals surface area contributed by atoms with Crippen molar-refractivity contribution in [2.75, 3.05) is 6.54 Å². The number of primary amides is 6. The van der Waals surface area contributed by atoms with Crippen molar-refractivity contribution in [2.24, 2.45) is 94.7 Å². The summed E-state index contributed by atoms with van der Waals surface area (Å²) in [4.78, 5) is 108. The van der Waals surface area contributed by atoms with E-state index < -0.39 is 98.5 Å². The van der Waals surface area contributed by atoms with E-state index >= 15 is 0 Å². The molecule has 0 aromatic rings. The minimum atomic E-state index is -1.40. The van der Waals surface area contributed by atoms with Crippen LogP contribution in [-0.4, -0.2) is 87.8 Å². The van der Waals surface area contributed by atoms with Crippen molar-refractivity contribution < 1.29 is 55.4 Å². The van der Waals surface area contributed by atoms with Crippen LogP contribution in [0.15, 0.2) is 49.3 Å². The summed E-state index contributed by atoms with van der Waals surface area (Å²) in [6.45, 7) is 16.8. The van der Waals surface area contributed by atoms with Crippen molar-refractivity contribution in [1.29, 1.82) is 0 Å². The third-order valence-corrected chi connectivity index (χ3v) is 16.0. The van der Waals surface area contributed by atoms with Gasteiger partial charge in [-0.1, -0.05) is 40.7 Å². The Morgan fingerprint density at radius 2 is 1.25 bits per heavy atom. The Kier molecular flexibility index (Phi) is 16.6. The van der Waals surface area contributed by atoms with E-state index in [0.717, 1.165) is 0 Å². The predicted octanol–water partition coefficient (Wildman–Crippen LogP) is 2.52. The van der Waals surface area contributed by atoms with Gasteiger partial charge in [-0.15, -0.1) is 0 Å². The zero-order valence-corrected chi connectivity index (χ0v) is 42.0. The van der Waals surface area contributed by atoms with Gasteiger partial charge in [-0.3, -0.25) is 48.5 Å². The topological polar surface area (TPSA) is 359 Å². The summed E-state index contributed by atoms with van der Waals surface area (Å²) in [6.07, 6.45) is 1.02. The van der Waals surface area contributed by atoms with Gasteiger partial charge in [-0.2, -0.15) is 5.70 Å². The molecule has 8 bridgehead atoms. The number of rotatable bonds is 20. The Morgan fingerprint density at radius 3 is 1.76 bits per heavy atom. The van der Waals surface area contributed by atoms with Gasteiger partial charge < -0.3 is 50.1 Å². The van der Waals surface area contributed by atoms with E-state index in [-0.39, 0.29) is 93.4 Å². The molecular formula is C48H72CoN11O8+2. The second kappa shape index (κ2) is 20.4. The van der Waals surface area contributed by atoms with Crippen molar-refractivity contribution in [3.63, 3.8) is 0 Å². The van der Waals surface area contributed by atoms with E-state index in [4.69, 9.17) is 54.7 Å². The van der Waals surface area contributed by atoms with Crippen molar-refractivity contribution in [2.45, 2.75) is 151 Å². The molecule has 5 rings (SSSR count). The number of amides is 7. The smallest absolute Gasteiger partial charge is 0.682 e. The molecule has 5 aliphatic heterocycles. The SMILES string of the molecule is C/C1=C2/[N-]C(C(CC(N)=O)[C@@]2(C)CCC(=O)NCC(C)O)[C@]2(C)N=C(/C(C)=C3N=C(/C=C4N=C1[C@@H](CCC(N)=O)C\4(C)C)[C@@H](CCC(N)=O)[C@]\3(C)CC(N)=O)[C@@H](CCC(N)=O)[C@]2(C)CC(N)=O.[Co+3]. The number of carbonyl (C=O) groups excluding carboxylic acids is 7. The largest absolute Gasteiger partial charge is 3.00 e. The van der Waals surface area contributed by atoms with Gasteiger partial charge in [-0.05, 0) is 81.9 Å². The standard InChI is InChI=1S/C48H73N11O8.Co/c1-23(60)22-55-38(67)16-17-45(6)29(18-35(52)64)43-48(9)47(8,21-37(54)66)28(12-15-34(51)63)40(59-48)25(3)42-46(7,20-36(53)65)26(10-13-32(49)61)30(56-42)19-31-44(4,5)27(11-14-33(50)62)39(57-31)24(2)41(45)58-43;/h19,23,26-29,43,60H,10-18,20-22H2,1-9H3,(H14,49,50,51,52,53,54,55,56,57,58,59,61,62,63,64,65,66,67);/q;+3/p-1/t23?,26-,27-,28-,29?,43?,45-,46+,47+,48+;/m1./s1. The Bertz CT molecular complexity index is 2320. The van der Waals surface area contributed by atoms with Crippen molar-refractivity contribution in [3.8, 4) is 0 Å². The summed E-state index contributed by atoms with van der Waals surface area (Å²) in [5.41, 5.74) is 34.4. The first-order valence-electron chi connectivity index (χ1n) is 23.2. The molecule has 0 radical (unpaired) electrons. The number of hydrogen-bond acceptors (Lipinski definition) is 11. The quantitative estimate of drug-likeness (QED) is 0.0894. The van der Waals surface area contributed by atoms with E-state index in [9.17, 15) is 38.7 Å². The number of fused-ring (bicyclic) bond motifs is 6. The number of aliphatic imine (C=N–C) groups is 3. The fourth-order valence-corrected chi connectivity index (χ4v) is 12.2. The summed E-state index contributed by atoms with van der Waals surface area (Å²) >= 11 is 0. The fraction of sp³-hybridized carbons (Fsp3) is 0.667. The summed E-state index contributed by atoms with van der Waals surface area (Å²) in [7, 11) is 0. The molecule has 7 amide bonds. The van der Waals surface area contributed by atoms with Crippen molar-refractivity contribution >= 4 is 58.5 Å². The molecule has 10 atom stereocenters. The second-order valence-electron chi connectivity index (χ2n) is 21.1. The van der Waals surface area contributed by atoms with Crippen LogP contribution in [0.25, 0.3) is 5.32 Å². The van der Waals surface area contributed by atoms with E-state index in [1.807, 2.05) is 61.5 Å². The molecule has 0 spiro atoms. The molecule has 5 aliphatic rings. The Labute approximate surface area is 409 Å². The molecule has 19 nitrogen and oxygen atoms in total. The van der Waals surface area contributed by atoms with Gasteiger partial charge in [0.2, 0.25) is 41.4 Å². The molecule has 14 N–H and O–H groups in total. The average Bonchev–Trinajstić information content (AvgIpc) is 3.80. The summed E-state index contributed by atoms with van der Waals surface area (Å²) in [5, 5.41) is 18.3. The van der Waals surface area contributed by atoms with Crippen LogP contribution in [0.4, 0.5) is 0 Å². The number of nitrogens with one attached hydrogen (secondary N) is 1. The first-order chi connectivity index (χ1) is 30.9. The van der Waals surface area contributed by atoms with E-state index in [1.165, 1.54) is 0 Å². The van der Waals surface area contributed by atoms with Gasteiger partial charge >= 0.3 is 16.8 Å². The molecule has 0 aliphatic carbocycles. The molecule has 0 aromatic carbocycles. The van der Waals surface area contributed by atoms with Gasteiger partial charge in [-0.25, -0.2) is 0 Å². The normalized spacial score (nSPS) is 34.6. The number of nitrogens with zero attached hydrogens (tertiary/aromatic N) is 4. The van der Waals surface area contributed by atoms with Crippen LogP contribution in [0, 0.1) is 45.3 Å². The third-order valence-electron chi connectivity index (χ3n) is 16.0. The number of allylic oxidation sites excluding steroid dienone is 6. The number of carbonyl (C=O) groups is 7. The maximum atomic E-state index is 13.5. The van der Waals surface area contributed by atoms with E-state index in [1.54, 1.807) is 6.92 Å². The van der Waals surface area contributed by atoms with Gasteiger partial charge in [0.15, 0.2) is 0 Å². The van der Waals surface area contributed by atoms with Crippen LogP contribution in [0.5, 0.6) is 0 Å². The zero-order chi connectivity index (χ0) is 50.4. The minimum Gasteiger partial charge on any atom is -0.682 e. The van der Waals surface area contributed by atoms with Gasteiger partial charge in [0, 0.05) is 108 Å². The molecule has 5 heterocycles. The molecule has 1 fully saturated rings. The maximum absolute atomic E-state index is 13.5. The van der Waals surface area contributed by atoms with Crippen LogP contribution >= 0.6 is 0 Å². The van der Waals surface area contributed by atoms with Gasteiger partial charge in [0.05, 0.1) is 17.3 Å². The number of hydrogen-bond donors (Lipinski definition) is 8. The summed E-state index contributed by atoms with van der Waals surface area (Å²) in [6, 6.07) is -0.923. The molecule has 1 saturated heterocycles. The molecule has 0 saturated carbocycles. The monoisotopic (exact) mass is 989 g/mol. The number of nitrogens with two attached hydrogens (primary N) is 6. The maximum Gasteiger partial charge on any atom is 3.00 e. The Balaban J connectivity index is 0.0000101. The fourth-order valence-electron chi connectivity index (χ4n) is 12.2. The first kappa shape index (κ1) is 55.4. The molecule has 20 heteroatoms. The zero-order valence-electron chi connectivity index (χ0n) is 40.9. The predicted molar refractivity (Wildman–Crippen MR) is 254 cm³/mol. The van der Waals surface area contributed by atoms with Crippen LogP contribution in [0.3, 0.4) is 0 Å². The Hall–Kier alpha value is -5.21. The van der Waals surface area contributed by atoms with Crippen molar-refractivity contribution in [3.05, 3.63) is 39.6 Å². The van der Waals surface area contributed by atoms with Crippen LogP contribution < -0.4 is 39.7 Å². The molecular weight excluding hydrogens is 918 g/mol. The number of aliphatic hydroxyl groups excluding tert-OH is 1. The summed E-state index contributed by atoms with van der Waals surface area (Å²) in [5.74, 6) is -6.42. The minimum absolute atomic E-state index is 0. The first-order valence-corrected chi connectivity index (χ1v) is 23.2. The number of aliphatic hydroxyl groups is 1. The molecule has 0 aromatic heterocycles. The van der Waals surface area contributed by atoms with Crippen molar-refractivity contribution in [1.82, 2.24) is 5.32 Å². The van der Waals surface area contributed by atoms with Crippen LogP contribution in [0.2, 0.25) is 0 Å². The second-order valence-corrected chi connectivity index (χ2v) is 21.1. The Morgan fingerprint density at radius 1 is 0.706 bits per heavy atom. The molecule has 374 valence electrons. The van der Waals surface area contributed by atoms with Gasteiger partial charge in [0.1, 0.15) is 0 Å². The third kappa shape index (κ3) is 10.4. The van der Waals surface area contributed by atoms with E-state index in [2.05, 4.69) is 5.32 Å². The van der Waals surface area contributed by atoms with Gasteiger partial charge in [0.25, 0.3) is 0 Å². The summed E-state index contributed by atoms with van der Waals surface area (Å²) < 4.78 is 0. The average molecular weight is 990 g/mol.